The maximum absolute atomic E-state index is 4.26. The van der Waals surface area contributed by atoms with Crippen LogP contribution in [-0.4, -0.2) is 39.5 Å². The molecule has 0 aliphatic carbocycles. The summed E-state index contributed by atoms with van der Waals surface area (Å²) in [4.78, 5) is 2.36. The van der Waals surface area contributed by atoms with Crippen LogP contribution < -0.4 is 10.2 Å². The molecular formula is C20H24N6. The second kappa shape index (κ2) is 7.66. The van der Waals surface area contributed by atoms with E-state index >= 15 is 0 Å². The Labute approximate surface area is 153 Å². The number of hydrogen-bond acceptors (Lipinski definition) is 5. The average Bonchev–Trinajstić information content (AvgIpc) is 3.32. The SMILES string of the molecule is Cc1cccc(-c2[nH]ncc2CNC[C@H]2CCCN2c2cccnn2)c1. The van der Waals surface area contributed by atoms with Gasteiger partial charge in [-0.15, -0.1) is 5.10 Å². The summed E-state index contributed by atoms with van der Waals surface area (Å²) in [6.45, 7) is 4.88. The lowest BCUT2D eigenvalue weighted by atomic mass is 10.1. The van der Waals surface area contributed by atoms with E-state index in [2.05, 4.69) is 61.8 Å². The highest BCUT2D eigenvalue weighted by Crippen LogP contribution is 2.24. The van der Waals surface area contributed by atoms with Gasteiger partial charge in [-0.1, -0.05) is 23.8 Å². The zero-order chi connectivity index (χ0) is 17.8. The second-order valence-electron chi connectivity index (χ2n) is 6.84. The van der Waals surface area contributed by atoms with E-state index < -0.39 is 0 Å². The van der Waals surface area contributed by atoms with Crippen LogP contribution in [0.15, 0.2) is 48.8 Å². The monoisotopic (exact) mass is 348 g/mol. The quantitative estimate of drug-likeness (QED) is 0.717. The molecule has 2 N–H and O–H groups in total. The molecule has 0 amide bonds. The lowest BCUT2D eigenvalue weighted by Crippen LogP contribution is -2.38. The third-order valence-corrected chi connectivity index (χ3v) is 4.95. The number of aryl methyl sites for hydroxylation is 1. The predicted molar refractivity (Wildman–Crippen MR) is 103 cm³/mol. The molecule has 1 aliphatic rings. The van der Waals surface area contributed by atoms with Crippen LogP contribution in [0.25, 0.3) is 11.3 Å². The lowest BCUT2D eigenvalue weighted by molar-refractivity contribution is 0.570. The summed E-state index contributed by atoms with van der Waals surface area (Å²) in [5.41, 5.74) is 4.72. The van der Waals surface area contributed by atoms with Crippen molar-refractivity contribution >= 4 is 5.82 Å². The maximum atomic E-state index is 4.26. The van der Waals surface area contributed by atoms with Crippen molar-refractivity contribution < 1.29 is 0 Å². The summed E-state index contributed by atoms with van der Waals surface area (Å²) in [6.07, 6.45) is 6.02. The summed E-state index contributed by atoms with van der Waals surface area (Å²) >= 11 is 0. The van der Waals surface area contributed by atoms with Gasteiger partial charge in [-0.3, -0.25) is 5.10 Å². The topological polar surface area (TPSA) is 69.7 Å². The van der Waals surface area contributed by atoms with Gasteiger partial charge in [0.25, 0.3) is 0 Å². The zero-order valence-corrected chi connectivity index (χ0v) is 15.0. The van der Waals surface area contributed by atoms with Gasteiger partial charge in [0, 0.05) is 43.0 Å². The second-order valence-corrected chi connectivity index (χ2v) is 6.84. The molecule has 0 radical (unpaired) electrons. The number of anilines is 1. The van der Waals surface area contributed by atoms with Crippen molar-refractivity contribution in [2.24, 2.45) is 0 Å². The van der Waals surface area contributed by atoms with Crippen molar-refractivity contribution in [2.45, 2.75) is 32.4 Å². The molecule has 3 heterocycles. The molecule has 2 aromatic heterocycles. The Bertz CT molecular complexity index is 844. The van der Waals surface area contributed by atoms with Crippen LogP contribution in [0.4, 0.5) is 5.82 Å². The minimum Gasteiger partial charge on any atom is -0.351 e. The molecule has 6 nitrogen and oxygen atoms in total. The van der Waals surface area contributed by atoms with Gasteiger partial charge < -0.3 is 10.2 Å². The molecule has 1 saturated heterocycles. The zero-order valence-electron chi connectivity index (χ0n) is 15.0. The number of H-pyrrole nitrogens is 1. The van der Waals surface area contributed by atoms with E-state index in [0.29, 0.717) is 6.04 Å². The minimum atomic E-state index is 0.459. The van der Waals surface area contributed by atoms with Gasteiger partial charge in [0.1, 0.15) is 0 Å². The van der Waals surface area contributed by atoms with E-state index in [4.69, 9.17) is 0 Å². The fourth-order valence-electron chi connectivity index (χ4n) is 3.67. The summed E-state index contributed by atoms with van der Waals surface area (Å²) in [5.74, 6) is 0.973. The number of aromatic nitrogens is 4. The molecule has 1 aliphatic heterocycles. The van der Waals surface area contributed by atoms with Crippen LogP contribution in [0, 0.1) is 6.92 Å². The van der Waals surface area contributed by atoms with E-state index in [1.54, 1.807) is 6.20 Å². The first-order valence-corrected chi connectivity index (χ1v) is 9.15. The molecule has 134 valence electrons. The summed E-state index contributed by atoms with van der Waals surface area (Å²) in [5, 5.41) is 19.3. The molecule has 6 heteroatoms. The summed E-state index contributed by atoms with van der Waals surface area (Å²) in [7, 11) is 0. The van der Waals surface area contributed by atoms with Gasteiger partial charge in [-0.2, -0.15) is 10.2 Å². The Morgan fingerprint density at radius 3 is 3.08 bits per heavy atom. The first kappa shape index (κ1) is 16.7. The molecule has 4 rings (SSSR count). The molecule has 0 saturated carbocycles. The summed E-state index contributed by atoms with van der Waals surface area (Å²) < 4.78 is 0. The molecule has 0 spiro atoms. The van der Waals surface area contributed by atoms with Crippen molar-refractivity contribution in [3.8, 4) is 11.3 Å². The predicted octanol–water partition coefficient (Wildman–Crippen LogP) is 2.93. The highest BCUT2D eigenvalue weighted by molar-refractivity contribution is 5.63. The van der Waals surface area contributed by atoms with E-state index in [-0.39, 0.29) is 0 Å². The van der Waals surface area contributed by atoms with Crippen LogP contribution >= 0.6 is 0 Å². The lowest BCUT2D eigenvalue weighted by Gasteiger charge is -2.25. The number of hydrogen-bond donors (Lipinski definition) is 2. The third kappa shape index (κ3) is 3.60. The Hall–Kier alpha value is -2.73. The van der Waals surface area contributed by atoms with Gasteiger partial charge in [0.2, 0.25) is 0 Å². The molecular weight excluding hydrogens is 324 g/mol. The molecule has 26 heavy (non-hydrogen) atoms. The number of nitrogens with one attached hydrogen (secondary N) is 2. The van der Waals surface area contributed by atoms with Gasteiger partial charge >= 0.3 is 0 Å². The molecule has 1 atom stereocenters. The average molecular weight is 348 g/mol. The Balaban J connectivity index is 1.39. The van der Waals surface area contributed by atoms with Crippen LogP contribution in [0.5, 0.6) is 0 Å². The summed E-state index contributed by atoms with van der Waals surface area (Å²) in [6, 6.07) is 12.9. The Morgan fingerprint density at radius 2 is 2.23 bits per heavy atom. The van der Waals surface area contributed by atoms with Crippen LogP contribution in [0.2, 0.25) is 0 Å². The van der Waals surface area contributed by atoms with E-state index in [1.807, 2.05) is 18.3 Å². The van der Waals surface area contributed by atoms with Gasteiger partial charge in [-0.25, -0.2) is 0 Å². The Kier molecular flexibility index (Phi) is 4.93. The van der Waals surface area contributed by atoms with Gasteiger partial charge in [0.15, 0.2) is 5.82 Å². The van der Waals surface area contributed by atoms with E-state index in [9.17, 15) is 0 Å². The fraction of sp³-hybridized carbons (Fsp3) is 0.350. The van der Waals surface area contributed by atoms with Crippen LogP contribution in [0.3, 0.4) is 0 Å². The minimum absolute atomic E-state index is 0.459. The van der Waals surface area contributed by atoms with Crippen molar-refractivity contribution in [1.82, 2.24) is 25.7 Å². The number of nitrogens with zero attached hydrogens (tertiary/aromatic N) is 4. The normalized spacial score (nSPS) is 17.0. The first-order chi connectivity index (χ1) is 12.8. The standard InChI is InChI=1S/C20H24N6/c1-15-5-2-6-16(11-15)20-17(13-23-25-20)12-21-14-18-7-4-10-26(18)19-8-3-9-22-24-19/h2-3,5-6,8-9,11,13,18,21H,4,7,10,12,14H2,1H3,(H,23,25)/t18-/m1/s1. The van der Waals surface area contributed by atoms with Crippen molar-refractivity contribution in [1.29, 1.82) is 0 Å². The maximum Gasteiger partial charge on any atom is 0.151 e. The molecule has 1 aromatic carbocycles. The number of rotatable bonds is 6. The number of benzene rings is 1. The first-order valence-electron chi connectivity index (χ1n) is 9.15. The van der Waals surface area contributed by atoms with E-state index in [0.717, 1.165) is 31.1 Å². The molecule has 0 unspecified atom stereocenters. The van der Waals surface area contributed by atoms with Gasteiger partial charge in [-0.05, 0) is 38.0 Å². The number of aromatic amines is 1. The molecule has 1 fully saturated rings. The fourth-order valence-corrected chi connectivity index (χ4v) is 3.67. The van der Waals surface area contributed by atoms with Gasteiger partial charge in [0.05, 0.1) is 11.9 Å². The smallest absolute Gasteiger partial charge is 0.151 e. The third-order valence-electron chi connectivity index (χ3n) is 4.95. The van der Waals surface area contributed by atoms with Crippen LogP contribution in [-0.2, 0) is 6.54 Å². The highest BCUT2D eigenvalue weighted by Gasteiger charge is 2.25. The van der Waals surface area contributed by atoms with Crippen molar-refractivity contribution in [3.63, 3.8) is 0 Å². The molecule has 3 aromatic rings. The molecule has 0 bridgehead atoms. The van der Waals surface area contributed by atoms with E-state index in [1.165, 1.54) is 29.5 Å². The van der Waals surface area contributed by atoms with Crippen molar-refractivity contribution in [2.75, 3.05) is 18.0 Å². The largest absolute Gasteiger partial charge is 0.351 e. The highest BCUT2D eigenvalue weighted by atomic mass is 15.3. The van der Waals surface area contributed by atoms with Crippen molar-refractivity contribution in [3.05, 3.63) is 59.9 Å². The van der Waals surface area contributed by atoms with Crippen LogP contribution in [0.1, 0.15) is 24.0 Å². The Morgan fingerprint density at radius 1 is 1.27 bits per heavy atom.